The molecule has 2 aromatic rings. The second-order valence-electron chi connectivity index (χ2n) is 9.05. The summed E-state index contributed by atoms with van der Waals surface area (Å²) in [6.45, 7) is 2.27. The molecule has 1 nitrogen and oxygen atoms in total. The first-order valence-corrected chi connectivity index (χ1v) is 11.4. The van der Waals surface area contributed by atoms with E-state index in [-0.39, 0.29) is 24.8 Å². The second-order valence-corrected chi connectivity index (χ2v) is 9.05. The number of rotatable bonds is 5. The fourth-order valence-corrected chi connectivity index (χ4v) is 5.13. The normalized spacial score (nSPS) is 26.5. The minimum atomic E-state index is -3.00. The third-order valence-electron chi connectivity index (χ3n) is 6.98. The highest BCUT2D eigenvalue weighted by Gasteiger charge is 2.36. The van der Waals surface area contributed by atoms with Gasteiger partial charge >= 0.3 is 6.11 Å². The molecular formula is C26H31F3O. The molecule has 0 amide bonds. The van der Waals surface area contributed by atoms with Crippen LogP contribution in [0.4, 0.5) is 13.2 Å². The lowest BCUT2D eigenvalue weighted by Crippen LogP contribution is -2.30. The van der Waals surface area contributed by atoms with Gasteiger partial charge in [-0.1, -0.05) is 56.2 Å². The molecule has 4 rings (SSSR count). The van der Waals surface area contributed by atoms with Gasteiger partial charge in [-0.3, -0.25) is 0 Å². The molecule has 1 atom stereocenters. The monoisotopic (exact) mass is 416 g/mol. The van der Waals surface area contributed by atoms with E-state index in [1.807, 2.05) is 30.3 Å². The Bertz CT molecular complexity index is 828. The van der Waals surface area contributed by atoms with Gasteiger partial charge in [-0.25, -0.2) is 4.39 Å². The van der Waals surface area contributed by atoms with Crippen LogP contribution in [0.1, 0.15) is 81.3 Å². The number of benzene rings is 2. The predicted molar refractivity (Wildman–Crippen MR) is 114 cm³/mol. The Labute approximate surface area is 177 Å². The lowest BCUT2D eigenvalue weighted by molar-refractivity contribution is -0.261. The highest BCUT2D eigenvalue weighted by atomic mass is 19.3. The van der Waals surface area contributed by atoms with Crippen LogP contribution in [-0.4, -0.2) is 12.7 Å². The van der Waals surface area contributed by atoms with Gasteiger partial charge in [0.05, 0.1) is 6.61 Å². The summed E-state index contributed by atoms with van der Waals surface area (Å²) < 4.78 is 45.9. The number of hydrogen-bond donors (Lipinski definition) is 0. The first kappa shape index (κ1) is 21.4. The molecule has 30 heavy (non-hydrogen) atoms. The van der Waals surface area contributed by atoms with Crippen molar-refractivity contribution in [3.8, 4) is 11.1 Å². The molecule has 2 aliphatic rings. The first-order valence-electron chi connectivity index (χ1n) is 11.4. The zero-order valence-corrected chi connectivity index (χ0v) is 17.7. The zero-order chi connectivity index (χ0) is 21.1. The van der Waals surface area contributed by atoms with Crippen LogP contribution >= 0.6 is 0 Å². The minimum absolute atomic E-state index is 0.0237. The molecule has 0 radical (unpaired) electrons. The van der Waals surface area contributed by atoms with Gasteiger partial charge in [0.15, 0.2) is 0 Å². The van der Waals surface area contributed by atoms with E-state index in [1.54, 1.807) is 6.07 Å². The van der Waals surface area contributed by atoms with Gasteiger partial charge in [-0.2, -0.15) is 8.78 Å². The molecule has 1 unspecified atom stereocenters. The van der Waals surface area contributed by atoms with Crippen molar-refractivity contribution in [1.82, 2.24) is 0 Å². The van der Waals surface area contributed by atoms with Crippen LogP contribution in [0.3, 0.4) is 0 Å². The lowest BCUT2D eigenvalue weighted by Gasteiger charge is -2.29. The van der Waals surface area contributed by atoms with Crippen LogP contribution in [0.15, 0.2) is 42.5 Å². The molecule has 0 aromatic heterocycles. The molecule has 2 aromatic carbocycles. The molecule has 1 heterocycles. The quantitative estimate of drug-likeness (QED) is 0.479. The van der Waals surface area contributed by atoms with Crippen LogP contribution in [0.25, 0.3) is 11.1 Å². The Balaban J connectivity index is 1.42. The van der Waals surface area contributed by atoms with E-state index < -0.39 is 6.11 Å². The van der Waals surface area contributed by atoms with E-state index in [4.69, 9.17) is 0 Å². The number of hydrogen-bond acceptors (Lipinski definition) is 1. The molecule has 0 spiro atoms. The molecule has 162 valence electrons. The first-order chi connectivity index (χ1) is 14.4. The average Bonchev–Trinajstić information content (AvgIpc) is 2.75. The van der Waals surface area contributed by atoms with Crippen molar-refractivity contribution in [2.45, 2.75) is 76.2 Å². The Morgan fingerprint density at radius 3 is 2.20 bits per heavy atom. The van der Waals surface area contributed by atoms with Gasteiger partial charge in [-0.05, 0) is 66.7 Å². The largest absolute Gasteiger partial charge is 0.355 e. The van der Waals surface area contributed by atoms with E-state index >= 15 is 0 Å². The summed E-state index contributed by atoms with van der Waals surface area (Å²) in [5, 5.41) is 0. The Morgan fingerprint density at radius 1 is 0.900 bits per heavy atom. The highest BCUT2D eigenvalue weighted by molar-refractivity contribution is 5.65. The van der Waals surface area contributed by atoms with Crippen LogP contribution in [-0.2, 0) is 4.74 Å². The maximum absolute atomic E-state index is 14.9. The molecule has 2 fully saturated rings. The molecule has 4 heteroatoms. The van der Waals surface area contributed by atoms with Crippen molar-refractivity contribution in [1.29, 1.82) is 0 Å². The van der Waals surface area contributed by atoms with E-state index in [0.717, 1.165) is 35.4 Å². The van der Waals surface area contributed by atoms with Gasteiger partial charge in [0.1, 0.15) is 5.82 Å². The maximum Gasteiger partial charge on any atom is 0.355 e. The lowest BCUT2D eigenvalue weighted by atomic mass is 9.77. The van der Waals surface area contributed by atoms with E-state index in [1.165, 1.54) is 25.7 Å². The summed E-state index contributed by atoms with van der Waals surface area (Å²) in [4.78, 5) is 0. The van der Waals surface area contributed by atoms with Crippen molar-refractivity contribution >= 4 is 0 Å². The third kappa shape index (κ3) is 4.91. The van der Waals surface area contributed by atoms with Crippen molar-refractivity contribution in [2.75, 3.05) is 6.61 Å². The molecular weight excluding hydrogens is 385 g/mol. The number of ether oxygens (including phenoxy) is 1. The van der Waals surface area contributed by atoms with Gasteiger partial charge in [0.2, 0.25) is 0 Å². The van der Waals surface area contributed by atoms with Gasteiger partial charge in [0.25, 0.3) is 0 Å². The highest BCUT2D eigenvalue weighted by Crippen LogP contribution is 2.39. The van der Waals surface area contributed by atoms with E-state index in [2.05, 4.69) is 17.7 Å². The number of alkyl halides is 2. The minimum Gasteiger partial charge on any atom is -0.320 e. The Morgan fingerprint density at radius 2 is 1.60 bits per heavy atom. The molecule has 0 N–H and O–H groups in total. The predicted octanol–water partition coefficient (Wildman–Crippen LogP) is 8.05. The molecule has 1 saturated heterocycles. The summed E-state index contributed by atoms with van der Waals surface area (Å²) in [7, 11) is 0. The van der Waals surface area contributed by atoms with Gasteiger partial charge < -0.3 is 4.74 Å². The van der Waals surface area contributed by atoms with Crippen LogP contribution in [0.2, 0.25) is 0 Å². The second kappa shape index (κ2) is 9.13. The van der Waals surface area contributed by atoms with Crippen molar-refractivity contribution in [3.05, 3.63) is 59.4 Å². The number of halogens is 3. The topological polar surface area (TPSA) is 9.23 Å². The molecule has 1 aliphatic heterocycles. The SMILES string of the molecule is CCCC1CCC(c2ccc(-c3ccc(C4CCC(F)(F)OC4)cc3)c(F)c2)CC1. The van der Waals surface area contributed by atoms with E-state index in [0.29, 0.717) is 17.9 Å². The van der Waals surface area contributed by atoms with Crippen LogP contribution in [0.5, 0.6) is 0 Å². The summed E-state index contributed by atoms with van der Waals surface area (Å²) >= 11 is 0. The summed E-state index contributed by atoms with van der Waals surface area (Å²) in [5.41, 5.74) is 3.49. The van der Waals surface area contributed by atoms with Crippen LogP contribution < -0.4 is 0 Å². The summed E-state index contributed by atoms with van der Waals surface area (Å²) in [6, 6.07) is 13.3. The Kier molecular flexibility index (Phi) is 6.52. The van der Waals surface area contributed by atoms with E-state index in [9.17, 15) is 13.2 Å². The molecule has 1 saturated carbocycles. The summed E-state index contributed by atoms with van der Waals surface area (Å²) in [5.74, 6) is 1.09. The Hall–Kier alpha value is -1.81. The fraction of sp³-hybridized carbons (Fsp3) is 0.538. The average molecular weight is 417 g/mol. The third-order valence-corrected chi connectivity index (χ3v) is 6.98. The summed E-state index contributed by atoms with van der Waals surface area (Å²) in [6.07, 6.45) is 4.51. The molecule has 0 bridgehead atoms. The van der Waals surface area contributed by atoms with Gasteiger partial charge in [0, 0.05) is 17.9 Å². The zero-order valence-electron chi connectivity index (χ0n) is 17.7. The van der Waals surface area contributed by atoms with Crippen molar-refractivity contribution < 1.29 is 17.9 Å². The fourth-order valence-electron chi connectivity index (χ4n) is 5.13. The van der Waals surface area contributed by atoms with Crippen molar-refractivity contribution in [3.63, 3.8) is 0 Å². The van der Waals surface area contributed by atoms with Crippen LogP contribution in [0, 0.1) is 11.7 Å². The molecule has 1 aliphatic carbocycles. The maximum atomic E-state index is 14.9. The smallest absolute Gasteiger partial charge is 0.320 e. The van der Waals surface area contributed by atoms with Gasteiger partial charge in [-0.15, -0.1) is 0 Å². The standard InChI is InChI=1S/C26H31F3O/c1-2-3-18-4-6-19(7-5-18)22-12-13-24(25(27)16-22)21-10-8-20(9-11-21)23-14-15-26(28,29)30-17-23/h8-13,16,18-19,23H,2-7,14-15,17H2,1H3. The van der Waals surface area contributed by atoms with Crippen molar-refractivity contribution in [2.24, 2.45) is 5.92 Å².